The molecule has 3 heterocycles. The maximum atomic E-state index is 13.2. The zero-order chi connectivity index (χ0) is 20.2. The van der Waals surface area contributed by atoms with E-state index in [0.29, 0.717) is 11.8 Å². The van der Waals surface area contributed by atoms with E-state index in [2.05, 4.69) is 11.9 Å². The van der Waals surface area contributed by atoms with E-state index >= 15 is 0 Å². The number of likely N-dealkylation sites (tertiary alicyclic amines) is 1. The maximum absolute atomic E-state index is 13.2. The minimum atomic E-state index is -0.241. The molecule has 7 heteroatoms. The van der Waals surface area contributed by atoms with Crippen molar-refractivity contribution in [2.75, 3.05) is 6.54 Å². The number of nitrogens with zero attached hydrogens (tertiary/aromatic N) is 4. The van der Waals surface area contributed by atoms with Gasteiger partial charge in [-0.25, -0.2) is 9.37 Å². The first-order valence-corrected chi connectivity index (χ1v) is 11.1. The Morgan fingerprint density at radius 1 is 1.24 bits per heavy atom. The van der Waals surface area contributed by atoms with Crippen molar-refractivity contribution in [2.24, 2.45) is 0 Å². The zero-order valence-electron chi connectivity index (χ0n) is 16.6. The van der Waals surface area contributed by atoms with Gasteiger partial charge in [0, 0.05) is 24.5 Å². The van der Waals surface area contributed by atoms with Crippen LogP contribution in [0, 0.1) is 5.82 Å². The second-order valence-electron chi connectivity index (χ2n) is 7.41. The van der Waals surface area contributed by atoms with Crippen molar-refractivity contribution in [3.8, 4) is 0 Å². The molecular weight excluding hydrogens is 387 g/mol. The molecule has 0 saturated carbocycles. The molecule has 1 unspecified atom stereocenters. The molecule has 1 aromatic carbocycles. The molecule has 0 spiro atoms. The summed E-state index contributed by atoms with van der Waals surface area (Å²) in [6.07, 6.45) is 7.82. The third kappa shape index (κ3) is 4.45. The number of carbonyl (C=O) groups is 1. The van der Waals surface area contributed by atoms with Gasteiger partial charge in [-0.15, -0.1) is 0 Å². The number of hydrogen-bond acceptors (Lipinski definition) is 4. The fourth-order valence-electron chi connectivity index (χ4n) is 3.92. The Labute approximate surface area is 174 Å². The Balaban J connectivity index is 1.57. The predicted octanol–water partition coefficient (Wildman–Crippen LogP) is 4.65. The number of amides is 1. The highest BCUT2D eigenvalue weighted by Gasteiger charge is 2.26. The third-order valence-electron chi connectivity index (χ3n) is 5.51. The second-order valence-corrected chi connectivity index (χ2v) is 8.35. The summed E-state index contributed by atoms with van der Waals surface area (Å²) in [5.74, 6) is 0.560. The summed E-state index contributed by atoms with van der Waals surface area (Å²) in [6, 6.07) is 8.69. The van der Waals surface area contributed by atoms with Crippen LogP contribution in [0.4, 0.5) is 4.39 Å². The second kappa shape index (κ2) is 8.95. The maximum Gasteiger partial charge on any atom is 0.242 e. The van der Waals surface area contributed by atoms with Crippen LogP contribution < -0.4 is 0 Å². The molecule has 1 amide bonds. The van der Waals surface area contributed by atoms with Gasteiger partial charge in [-0.3, -0.25) is 9.78 Å². The lowest BCUT2D eigenvalue weighted by Gasteiger charge is -2.35. The van der Waals surface area contributed by atoms with Crippen molar-refractivity contribution in [2.45, 2.75) is 56.1 Å². The average molecular weight is 413 g/mol. The molecule has 5 nitrogen and oxygen atoms in total. The summed E-state index contributed by atoms with van der Waals surface area (Å²) in [6.45, 7) is 3.25. The molecule has 0 aliphatic carbocycles. The van der Waals surface area contributed by atoms with E-state index in [0.717, 1.165) is 47.6 Å². The first kappa shape index (κ1) is 19.9. The van der Waals surface area contributed by atoms with E-state index in [4.69, 9.17) is 4.98 Å². The summed E-state index contributed by atoms with van der Waals surface area (Å²) in [4.78, 5) is 24.1. The number of rotatable bonds is 6. The van der Waals surface area contributed by atoms with Gasteiger partial charge in [0.1, 0.15) is 12.4 Å². The largest absolute Gasteiger partial charge is 0.338 e. The Bertz CT molecular complexity index is 988. The van der Waals surface area contributed by atoms with Gasteiger partial charge < -0.3 is 9.47 Å². The van der Waals surface area contributed by atoms with Crippen molar-refractivity contribution in [3.63, 3.8) is 0 Å². The molecule has 0 radical (unpaired) electrons. The van der Waals surface area contributed by atoms with Gasteiger partial charge in [-0.1, -0.05) is 30.8 Å². The number of pyridine rings is 1. The van der Waals surface area contributed by atoms with E-state index in [-0.39, 0.29) is 18.3 Å². The van der Waals surface area contributed by atoms with Crippen LogP contribution in [0.2, 0.25) is 0 Å². The third-order valence-corrected chi connectivity index (χ3v) is 6.56. The van der Waals surface area contributed by atoms with Gasteiger partial charge in [-0.05, 0) is 49.4 Å². The number of piperidine rings is 1. The summed E-state index contributed by atoms with van der Waals surface area (Å²) >= 11 is 1.56. The molecule has 0 bridgehead atoms. The molecule has 1 saturated heterocycles. The van der Waals surface area contributed by atoms with Gasteiger partial charge in [0.15, 0.2) is 5.16 Å². The predicted molar refractivity (Wildman–Crippen MR) is 113 cm³/mol. The molecule has 2 aromatic heterocycles. The normalized spacial score (nSPS) is 17.0. The van der Waals surface area contributed by atoms with Crippen molar-refractivity contribution in [1.29, 1.82) is 0 Å². The SMILES string of the molecule is CCC1CCCCN1C(=O)Cn1c(SCc2ccc(F)cc2)nc2ccncc21. The van der Waals surface area contributed by atoms with Crippen molar-refractivity contribution in [3.05, 3.63) is 54.1 Å². The number of hydrogen-bond donors (Lipinski definition) is 0. The fourth-order valence-corrected chi connectivity index (χ4v) is 4.89. The van der Waals surface area contributed by atoms with E-state index in [1.165, 1.54) is 18.6 Å². The molecule has 29 heavy (non-hydrogen) atoms. The highest BCUT2D eigenvalue weighted by atomic mass is 32.2. The lowest BCUT2D eigenvalue weighted by Crippen LogP contribution is -2.44. The number of benzene rings is 1. The molecule has 1 atom stereocenters. The molecular formula is C22H25FN4OS. The van der Waals surface area contributed by atoms with Crippen LogP contribution in [0.15, 0.2) is 47.9 Å². The Kier molecular flexibility index (Phi) is 6.13. The molecule has 0 N–H and O–H groups in total. The van der Waals surface area contributed by atoms with Crippen LogP contribution in [-0.2, 0) is 17.1 Å². The van der Waals surface area contributed by atoms with Crippen molar-refractivity contribution >= 4 is 28.7 Å². The van der Waals surface area contributed by atoms with E-state index in [1.54, 1.807) is 36.3 Å². The Hall–Kier alpha value is -2.41. The minimum absolute atomic E-state index is 0.142. The summed E-state index contributed by atoms with van der Waals surface area (Å²) in [7, 11) is 0. The lowest BCUT2D eigenvalue weighted by molar-refractivity contribution is -0.135. The Morgan fingerprint density at radius 2 is 2.07 bits per heavy atom. The van der Waals surface area contributed by atoms with E-state index in [1.807, 2.05) is 15.5 Å². The van der Waals surface area contributed by atoms with E-state index in [9.17, 15) is 9.18 Å². The number of halogens is 1. The highest BCUT2D eigenvalue weighted by Crippen LogP contribution is 2.27. The van der Waals surface area contributed by atoms with Crippen LogP contribution in [0.3, 0.4) is 0 Å². The van der Waals surface area contributed by atoms with Crippen LogP contribution >= 0.6 is 11.8 Å². The molecule has 3 aromatic rings. The topological polar surface area (TPSA) is 51.0 Å². The fraction of sp³-hybridized carbons (Fsp3) is 0.409. The molecule has 152 valence electrons. The summed E-state index contributed by atoms with van der Waals surface area (Å²) in [5, 5.41) is 0.788. The first-order chi connectivity index (χ1) is 14.2. The number of carbonyl (C=O) groups excluding carboxylic acids is 1. The average Bonchev–Trinajstić information content (AvgIpc) is 3.10. The highest BCUT2D eigenvalue weighted by molar-refractivity contribution is 7.98. The number of thioether (sulfide) groups is 1. The van der Waals surface area contributed by atoms with Crippen LogP contribution in [0.1, 0.15) is 38.2 Å². The Morgan fingerprint density at radius 3 is 2.86 bits per heavy atom. The molecule has 1 aliphatic rings. The first-order valence-electron chi connectivity index (χ1n) is 10.1. The van der Waals surface area contributed by atoms with E-state index < -0.39 is 0 Å². The molecule has 1 aliphatic heterocycles. The van der Waals surface area contributed by atoms with Crippen LogP contribution in [-0.4, -0.2) is 37.9 Å². The summed E-state index contributed by atoms with van der Waals surface area (Å²) < 4.78 is 15.1. The van der Waals surface area contributed by atoms with Gasteiger partial charge in [0.25, 0.3) is 0 Å². The number of aromatic nitrogens is 3. The molecule has 4 rings (SSSR count). The smallest absolute Gasteiger partial charge is 0.242 e. The quantitative estimate of drug-likeness (QED) is 0.553. The number of imidazole rings is 1. The standard InChI is InChI=1S/C22H25FN4OS/c1-2-18-5-3-4-12-26(18)21(28)14-27-20-13-24-11-10-19(20)25-22(27)29-15-16-6-8-17(23)9-7-16/h6-11,13,18H,2-5,12,14-15H2,1H3. The lowest BCUT2D eigenvalue weighted by atomic mass is 10.00. The summed E-state index contributed by atoms with van der Waals surface area (Å²) in [5.41, 5.74) is 2.72. The van der Waals surface area contributed by atoms with Crippen molar-refractivity contribution in [1.82, 2.24) is 19.4 Å². The van der Waals surface area contributed by atoms with Gasteiger partial charge in [0.2, 0.25) is 5.91 Å². The van der Waals surface area contributed by atoms with Gasteiger partial charge >= 0.3 is 0 Å². The van der Waals surface area contributed by atoms with Crippen LogP contribution in [0.25, 0.3) is 11.0 Å². The van der Waals surface area contributed by atoms with Crippen molar-refractivity contribution < 1.29 is 9.18 Å². The zero-order valence-corrected chi connectivity index (χ0v) is 17.4. The van der Waals surface area contributed by atoms with Gasteiger partial charge in [-0.2, -0.15) is 0 Å². The minimum Gasteiger partial charge on any atom is -0.338 e. The number of fused-ring (bicyclic) bond motifs is 1. The van der Waals surface area contributed by atoms with Gasteiger partial charge in [0.05, 0.1) is 17.2 Å². The monoisotopic (exact) mass is 412 g/mol. The molecule has 1 fully saturated rings. The van der Waals surface area contributed by atoms with Crippen LogP contribution in [0.5, 0.6) is 0 Å².